The quantitative estimate of drug-likeness (QED) is 0.678. The van der Waals surface area contributed by atoms with Crippen molar-refractivity contribution in [3.63, 3.8) is 0 Å². The van der Waals surface area contributed by atoms with Gasteiger partial charge in [-0.3, -0.25) is 10.1 Å². The molecule has 0 aromatic carbocycles. The minimum Gasteiger partial charge on any atom is -0.462 e. The van der Waals surface area contributed by atoms with E-state index in [0.717, 1.165) is 19.3 Å². The number of nitrogens with one attached hydrogen (secondary N) is 1. The van der Waals surface area contributed by atoms with Crippen LogP contribution in [-0.4, -0.2) is 46.5 Å². The lowest BCUT2D eigenvalue weighted by atomic mass is 10.2. The van der Waals surface area contributed by atoms with Crippen LogP contribution in [0.2, 0.25) is 0 Å². The number of hydrogen-bond acceptors (Lipinski definition) is 7. The van der Waals surface area contributed by atoms with E-state index >= 15 is 0 Å². The maximum absolute atomic E-state index is 12.8. The minimum atomic E-state index is -3.60. The zero-order valence-electron chi connectivity index (χ0n) is 15.2. The number of aryl methyl sites for hydroxylation is 1. The lowest BCUT2D eigenvalue weighted by Crippen LogP contribution is -2.35. The Morgan fingerprint density at radius 1 is 1.25 bits per heavy atom. The number of piperidine rings is 1. The summed E-state index contributed by atoms with van der Waals surface area (Å²) in [6.07, 6.45) is 5.75. The fourth-order valence-corrected chi connectivity index (χ4v) is 5.39. The van der Waals surface area contributed by atoms with Gasteiger partial charge in [-0.1, -0.05) is 17.8 Å². The van der Waals surface area contributed by atoms with Crippen LogP contribution in [0.3, 0.4) is 0 Å². The number of nitrogens with zero attached hydrogens (tertiary/aromatic N) is 4. The standard InChI is InChI=1S/C17H19N5O4S2/c1-21-11-12(28(24,25)22-7-3-2-4-8-22)10-13(21)15(23)18-17-20-19-16(27-17)14-6-5-9-26-14/h5-6,9-11H,2-4,7-8H2,1H3,(H,18,20,23). The molecule has 9 nitrogen and oxygen atoms in total. The molecule has 0 aliphatic carbocycles. The molecule has 0 spiro atoms. The molecule has 1 aliphatic heterocycles. The van der Waals surface area contributed by atoms with Gasteiger partial charge in [0.05, 0.1) is 6.26 Å². The first-order chi connectivity index (χ1) is 13.4. The minimum absolute atomic E-state index is 0.121. The predicted molar refractivity (Wildman–Crippen MR) is 104 cm³/mol. The third kappa shape index (κ3) is 3.60. The van der Waals surface area contributed by atoms with Crippen molar-refractivity contribution in [3.8, 4) is 10.8 Å². The van der Waals surface area contributed by atoms with E-state index < -0.39 is 15.9 Å². The molecule has 1 fully saturated rings. The third-order valence-corrected chi connectivity index (χ3v) is 7.26. The number of anilines is 1. The van der Waals surface area contributed by atoms with Gasteiger partial charge in [0.1, 0.15) is 10.6 Å². The van der Waals surface area contributed by atoms with Crippen LogP contribution in [0, 0.1) is 0 Å². The van der Waals surface area contributed by atoms with E-state index in [2.05, 4.69) is 15.5 Å². The summed E-state index contributed by atoms with van der Waals surface area (Å²) in [5, 5.41) is 11.4. The third-order valence-electron chi connectivity index (χ3n) is 4.54. The van der Waals surface area contributed by atoms with E-state index in [1.165, 1.54) is 38.7 Å². The molecule has 1 aliphatic rings. The van der Waals surface area contributed by atoms with Gasteiger partial charge in [0.15, 0.2) is 10.8 Å². The van der Waals surface area contributed by atoms with E-state index in [4.69, 9.17) is 4.42 Å². The molecule has 1 N–H and O–H groups in total. The van der Waals surface area contributed by atoms with Gasteiger partial charge in [0, 0.05) is 26.3 Å². The Balaban J connectivity index is 1.52. The van der Waals surface area contributed by atoms with Gasteiger partial charge >= 0.3 is 0 Å². The second kappa shape index (κ2) is 7.49. The van der Waals surface area contributed by atoms with Crippen LogP contribution in [0.4, 0.5) is 5.13 Å². The van der Waals surface area contributed by atoms with Crippen LogP contribution in [0.1, 0.15) is 29.8 Å². The molecule has 0 atom stereocenters. The smallest absolute Gasteiger partial charge is 0.274 e. The van der Waals surface area contributed by atoms with Gasteiger partial charge in [0.2, 0.25) is 15.2 Å². The van der Waals surface area contributed by atoms with Crippen molar-refractivity contribution in [3.05, 3.63) is 36.4 Å². The molecule has 1 amide bonds. The molecule has 0 radical (unpaired) electrons. The van der Waals surface area contributed by atoms with E-state index in [1.54, 1.807) is 19.2 Å². The fraction of sp³-hybridized carbons (Fsp3) is 0.353. The van der Waals surface area contributed by atoms with Gasteiger partial charge in [0.25, 0.3) is 5.91 Å². The molecule has 4 rings (SSSR count). The summed E-state index contributed by atoms with van der Waals surface area (Å²) in [5.41, 5.74) is 0.227. The van der Waals surface area contributed by atoms with Crippen molar-refractivity contribution in [2.75, 3.05) is 18.4 Å². The van der Waals surface area contributed by atoms with Crippen molar-refractivity contribution in [2.24, 2.45) is 7.05 Å². The van der Waals surface area contributed by atoms with Crippen molar-refractivity contribution in [1.29, 1.82) is 0 Å². The highest BCUT2D eigenvalue weighted by Gasteiger charge is 2.28. The number of hydrogen-bond donors (Lipinski definition) is 1. The van der Waals surface area contributed by atoms with Gasteiger partial charge in [-0.2, -0.15) is 4.31 Å². The Bertz CT molecular complexity index is 1080. The van der Waals surface area contributed by atoms with Crippen LogP contribution in [0.15, 0.2) is 40.0 Å². The first kappa shape index (κ1) is 18.8. The monoisotopic (exact) mass is 421 g/mol. The highest BCUT2D eigenvalue weighted by atomic mass is 32.2. The molecular formula is C17H19N5O4S2. The zero-order valence-corrected chi connectivity index (χ0v) is 16.8. The summed E-state index contributed by atoms with van der Waals surface area (Å²) in [6, 6.07) is 4.89. The van der Waals surface area contributed by atoms with Crippen molar-refractivity contribution >= 4 is 32.4 Å². The van der Waals surface area contributed by atoms with Crippen LogP contribution in [-0.2, 0) is 17.1 Å². The molecule has 148 valence electrons. The highest BCUT2D eigenvalue weighted by Crippen LogP contribution is 2.27. The molecule has 0 unspecified atom stereocenters. The Morgan fingerprint density at radius 2 is 2.04 bits per heavy atom. The zero-order chi connectivity index (χ0) is 19.7. The Hall–Kier alpha value is -2.50. The molecular weight excluding hydrogens is 402 g/mol. The summed E-state index contributed by atoms with van der Waals surface area (Å²) < 4.78 is 33.9. The van der Waals surface area contributed by atoms with Crippen molar-refractivity contribution < 1.29 is 17.6 Å². The second-order valence-corrected chi connectivity index (χ2v) is 9.40. The summed E-state index contributed by atoms with van der Waals surface area (Å²) in [4.78, 5) is 12.7. The normalized spacial score (nSPS) is 15.6. The number of aromatic nitrogens is 3. The van der Waals surface area contributed by atoms with Crippen LogP contribution >= 0.6 is 11.3 Å². The van der Waals surface area contributed by atoms with Crippen LogP contribution in [0.5, 0.6) is 0 Å². The van der Waals surface area contributed by atoms with Crippen LogP contribution < -0.4 is 5.32 Å². The first-order valence-electron chi connectivity index (χ1n) is 8.80. The molecule has 3 aromatic heterocycles. The SMILES string of the molecule is Cn1cc(S(=O)(=O)N2CCCCC2)cc1C(=O)Nc1nnc(-c2ccco2)s1. The lowest BCUT2D eigenvalue weighted by Gasteiger charge is -2.25. The predicted octanol–water partition coefficient (Wildman–Crippen LogP) is 2.56. The van der Waals surface area contributed by atoms with E-state index in [-0.39, 0.29) is 10.6 Å². The molecule has 3 aromatic rings. The second-order valence-electron chi connectivity index (χ2n) is 6.48. The summed E-state index contributed by atoms with van der Waals surface area (Å²) in [5.74, 6) is 0.108. The highest BCUT2D eigenvalue weighted by molar-refractivity contribution is 7.89. The Kier molecular flexibility index (Phi) is 5.04. The summed E-state index contributed by atoms with van der Waals surface area (Å²) in [7, 11) is -1.96. The Labute approximate surface area is 166 Å². The number of amides is 1. The average Bonchev–Trinajstić information content (AvgIpc) is 3.42. The molecule has 0 saturated carbocycles. The molecule has 28 heavy (non-hydrogen) atoms. The maximum atomic E-state index is 12.8. The lowest BCUT2D eigenvalue weighted by molar-refractivity contribution is 0.101. The Morgan fingerprint density at radius 3 is 2.75 bits per heavy atom. The van der Waals surface area contributed by atoms with Crippen molar-refractivity contribution in [1.82, 2.24) is 19.1 Å². The van der Waals surface area contributed by atoms with Crippen molar-refractivity contribution in [2.45, 2.75) is 24.2 Å². The largest absolute Gasteiger partial charge is 0.462 e. The van der Waals surface area contributed by atoms with E-state index in [0.29, 0.717) is 29.0 Å². The number of carbonyl (C=O) groups excluding carboxylic acids is 1. The van der Waals surface area contributed by atoms with E-state index in [1.807, 2.05) is 0 Å². The fourth-order valence-electron chi connectivity index (χ4n) is 3.09. The van der Waals surface area contributed by atoms with E-state index in [9.17, 15) is 13.2 Å². The maximum Gasteiger partial charge on any atom is 0.274 e. The number of sulfonamides is 1. The van der Waals surface area contributed by atoms with Gasteiger partial charge in [-0.15, -0.1) is 10.2 Å². The average molecular weight is 422 g/mol. The number of furan rings is 1. The van der Waals surface area contributed by atoms with Gasteiger partial charge in [-0.25, -0.2) is 8.42 Å². The van der Waals surface area contributed by atoms with Gasteiger partial charge in [-0.05, 0) is 31.0 Å². The first-order valence-corrected chi connectivity index (χ1v) is 11.1. The van der Waals surface area contributed by atoms with Crippen LogP contribution in [0.25, 0.3) is 10.8 Å². The molecule has 1 saturated heterocycles. The summed E-state index contributed by atoms with van der Waals surface area (Å²) >= 11 is 1.17. The van der Waals surface area contributed by atoms with Gasteiger partial charge < -0.3 is 8.98 Å². The molecule has 11 heteroatoms. The number of rotatable bonds is 5. The molecule has 0 bridgehead atoms. The summed E-state index contributed by atoms with van der Waals surface area (Å²) in [6.45, 7) is 1.03. The topological polar surface area (TPSA) is 110 Å². The number of carbonyl (C=O) groups is 1. The molecule has 4 heterocycles.